The molecule has 0 radical (unpaired) electrons. The SMILES string of the molecule is O=c1cc2ncncc2c2[nH]scc1-2. The third kappa shape index (κ3) is 0.898. The zero-order valence-electron chi connectivity index (χ0n) is 7.02. The minimum absolute atomic E-state index is 0.00343. The van der Waals surface area contributed by atoms with Crippen LogP contribution in [0.4, 0.5) is 0 Å². The van der Waals surface area contributed by atoms with Crippen molar-refractivity contribution in [1.29, 1.82) is 0 Å². The summed E-state index contributed by atoms with van der Waals surface area (Å²) in [5, 5.41) is 2.70. The van der Waals surface area contributed by atoms with Crippen molar-refractivity contribution in [3.63, 3.8) is 0 Å². The smallest absolute Gasteiger partial charge is 0.191 e. The summed E-state index contributed by atoms with van der Waals surface area (Å²) in [6.07, 6.45) is 3.16. The van der Waals surface area contributed by atoms with Crippen molar-refractivity contribution < 1.29 is 0 Å². The third-order valence-corrected chi connectivity index (χ3v) is 2.83. The molecule has 4 nitrogen and oxygen atoms in total. The van der Waals surface area contributed by atoms with Crippen molar-refractivity contribution in [3.05, 3.63) is 34.2 Å². The number of aromatic nitrogens is 3. The monoisotopic (exact) mass is 203 g/mol. The lowest BCUT2D eigenvalue weighted by molar-refractivity contribution is 1.22. The second kappa shape index (κ2) is 2.62. The van der Waals surface area contributed by atoms with Gasteiger partial charge < -0.3 is 4.37 Å². The maximum absolute atomic E-state index is 11.6. The second-order valence-corrected chi connectivity index (χ2v) is 3.63. The molecular weight excluding hydrogens is 198 g/mol. The van der Waals surface area contributed by atoms with E-state index in [0.717, 1.165) is 11.1 Å². The molecule has 0 unspecified atom stereocenters. The standard InChI is InChI=1S/C9H5N3OS/c13-8-1-7-5(2-10-4-11-7)9-6(8)3-14-12-9/h1-4,12H. The first-order valence-corrected chi connectivity index (χ1v) is 4.93. The summed E-state index contributed by atoms with van der Waals surface area (Å²) in [6, 6.07) is 1.54. The van der Waals surface area contributed by atoms with Crippen LogP contribution in [0.3, 0.4) is 0 Å². The molecule has 5 heteroatoms. The highest BCUT2D eigenvalue weighted by molar-refractivity contribution is 7.04. The Bertz CT molecular complexity index is 627. The van der Waals surface area contributed by atoms with Crippen LogP contribution >= 0.6 is 11.5 Å². The Morgan fingerprint density at radius 2 is 2.36 bits per heavy atom. The summed E-state index contributed by atoms with van der Waals surface area (Å²) >= 11 is 1.40. The van der Waals surface area contributed by atoms with E-state index in [9.17, 15) is 4.79 Å². The van der Waals surface area contributed by atoms with Gasteiger partial charge in [0.25, 0.3) is 0 Å². The van der Waals surface area contributed by atoms with E-state index in [2.05, 4.69) is 14.3 Å². The maximum Gasteiger partial charge on any atom is 0.191 e. The topological polar surface area (TPSA) is 58.6 Å². The molecule has 0 amide bonds. The van der Waals surface area contributed by atoms with Gasteiger partial charge in [-0.1, -0.05) is 11.5 Å². The second-order valence-electron chi connectivity index (χ2n) is 2.96. The van der Waals surface area contributed by atoms with Gasteiger partial charge in [0.15, 0.2) is 5.43 Å². The highest BCUT2D eigenvalue weighted by Gasteiger charge is 2.12. The molecule has 0 aromatic carbocycles. The van der Waals surface area contributed by atoms with E-state index in [4.69, 9.17) is 0 Å². The predicted molar refractivity (Wildman–Crippen MR) is 54.7 cm³/mol. The summed E-state index contributed by atoms with van der Waals surface area (Å²) in [5.74, 6) is 0. The summed E-state index contributed by atoms with van der Waals surface area (Å²) in [6.45, 7) is 0. The first-order chi connectivity index (χ1) is 6.86. The average molecular weight is 203 g/mol. The minimum atomic E-state index is 0.00343. The molecule has 1 N–H and O–H groups in total. The molecule has 1 aliphatic carbocycles. The van der Waals surface area contributed by atoms with E-state index in [0.29, 0.717) is 11.1 Å². The molecule has 68 valence electrons. The molecule has 2 aliphatic rings. The molecule has 1 aromatic rings. The number of benzene rings is 1. The van der Waals surface area contributed by atoms with E-state index < -0.39 is 0 Å². The highest BCUT2D eigenvalue weighted by atomic mass is 32.1. The largest absolute Gasteiger partial charge is 0.310 e. The van der Waals surface area contributed by atoms with Gasteiger partial charge in [-0.15, -0.1) is 0 Å². The molecule has 2 heterocycles. The predicted octanol–water partition coefficient (Wildman–Crippen LogP) is 1.48. The minimum Gasteiger partial charge on any atom is -0.310 e. The third-order valence-electron chi connectivity index (χ3n) is 2.15. The summed E-state index contributed by atoms with van der Waals surface area (Å²) in [7, 11) is 0. The highest BCUT2D eigenvalue weighted by Crippen LogP contribution is 2.25. The van der Waals surface area contributed by atoms with Crippen molar-refractivity contribution in [3.8, 4) is 11.3 Å². The lowest BCUT2D eigenvalue weighted by atomic mass is 10.1. The average Bonchev–Trinajstić information content (AvgIpc) is 2.67. The Kier molecular flexibility index (Phi) is 1.43. The number of nitrogens with one attached hydrogen (secondary N) is 1. The van der Waals surface area contributed by atoms with E-state index in [1.54, 1.807) is 12.3 Å². The van der Waals surface area contributed by atoms with Gasteiger partial charge in [-0.25, -0.2) is 9.97 Å². The van der Waals surface area contributed by atoms with Gasteiger partial charge in [-0.05, 0) is 0 Å². The van der Waals surface area contributed by atoms with Crippen molar-refractivity contribution in [2.75, 3.05) is 0 Å². The van der Waals surface area contributed by atoms with Gasteiger partial charge in [0.05, 0.1) is 16.8 Å². The van der Waals surface area contributed by atoms with Crippen LogP contribution < -0.4 is 5.43 Å². The lowest BCUT2D eigenvalue weighted by Crippen LogP contribution is -2.03. The first kappa shape index (κ1) is 7.64. The Balaban J connectivity index is 2.65. The normalized spacial score (nSPS) is 11.1. The van der Waals surface area contributed by atoms with E-state index in [1.165, 1.54) is 17.9 Å². The summed E-state index contributed by atoms with van der Waals surface area (Å²) in [5.41, 5.74) is 2.23. The van der Waals surface area contributed by atoms with Gasteiger partial charge in [-0.3, -0.25) is 4.79 Å². The molecule has 0 spiro atoms. The van der Waals surface area contributed by atoms with Crippen LogP contribution in [0.25, 0.3) is 22.2 Å². The van der Waals surface area contributed by atoms with Crippen LogP contribution in [0.1, 0.15) is 0 Å². The molecule has 1 aromatic heterocycles. The molecule has 0 saturated carbocycles. The number of rotatable bonds is 0. The van der Waals surface area contributed by atoms with E-state index >= 15 is 0 Å². The van der Waals surface area contributed by atoms with Crippen LogP contribution in [0.5, 0.6) is 0 Å². The molecule has 0 saturated heterocycles. The number of fused-ring (bicyclic) bond motifs is 3. The van der Waals surface area contributed by atoms with Crippen LogP contribution in [-0.4, -0.2) is 14.3 Å². The molecule has 0 atom stereocenters. The van der Waals surface area contributed by atoms with Crippen molar-refractivity contribution >= 4 is 22.4 Å². The Labute approximate surface area is 82.8 Å². The van der Waals surface area contributed by atoms with Gasteiger partial charge >= 0.3 is 0 Å². The fourth-order valence-corrected chi connectivity index (χ4v) is 2.24. The Hall–Kier alpha value is -1.75. The van der Waals surface area contributed by atoms with E-state index in [-0.39, 0.29) is 5.43 Å². The first-order valence-electron chi connectivity index (χ1n) is 4.05. The Morgan fingerprint density at radius 3 is 3.29 bits per heavy atom. The molecular formula is C9H5N3OS. The van der Waals surface area contributed by atoms with Gasteiger partial charge in [0.2, 0.25) is 0 Å². The maximum atomic E-state index is 11.6. The van der Waals surface area contributed by atoms with Crippen molar-refractivity contribution in [2.45, 2.75) is 0 Å². The number of hydrogen-bond acceptors (Lipinski definition) is 4. The number of H-pyrrole nitrogens is 1. The molecule has 14 heavy (non-hydrogen) atoms. The fraction of sp³-hybridized carbons (Fsp3) is 0. The van der Waals surface area contributed by atoms with Crippen molar-refractivity contribution in [1.82, 2.24) is 14.3 Å². The molecule has 3 rings (SSSR count). The number of nitrogens with zero attached hydrogens (tertiary/aromatic N) is 2. The van der Waals surface area contributed by atoms with E-state index in [1.807, 2.05) is 5.38 Å². The van der Waals surface area contributed by atoms with Crippen LogP contribution in [0, 0.1) is 0 Å². The quantitative estimate of drug-likeness (QED) is 0.602. The zero-order chi connectivity index (χ0) is 9.54. The lowest BCUT2D eigenvalue weighted by Gasteiger charge is -2.00. The van der Waals surface area contributed by atoms with Gasteiger partial charge in [-0.2, -0.15) is 0 Å². The molecule has 0 fully saturated rings. The van der Waals surface area contributed by atoms with Gasteiger partial charge in [0.1, 0.15) is 6.33 Å². The van der Waals surface area contributed by atoms with Crippen LogP contribution in [0.15, 0.2) is 28.8 Å². The van der Waals surface area contributed by atoms with Crippen LogP contribution in [0.2, 0.25) is 0 Å². The number of aromatic amines is 1. The van der Waals surface area contributed by atoms with Gasteiger partial charge in [0, 0.05) is 23.0 Å². The van der Waals surface area contributed by atoms with Crippen molar-refractivity contribution in [2.24, 2.45) is 0 Å². The Morgan fingerprint density at radius 1 is 1.43 bits per heavy atom. The zero-order valence-corrected chi connectivity index (χ0v) is 7.84. The summed E-state index contributed by atoms with van der Waals surface area (Å²) in [4.78, 5) is 19.6. The fourth-order valence-electron chi connectivity index (χ4n) is 1.49. The van der Waals surface area contributed by atoms with Crippen LogP contribution in [-0.2, 0) is 0 Å². The number of hydrogen-bond donors (Lipinski definition) is 1. The molecule has 1 aliphatic heterocycles. The summed E-state index contributed by atoms with van der Waals surface area (Å²) < 4.78 is 3.07. The molecule has 0 bridgehead atoms.